The Morgan fingerprint density at radius 1 is 1.44 bits per heavy atom. The molecule has 1 N–H and O–H groups in total. The molecule has 1 aromatic heterocycles. The van der Waals surface area contributed by atoms with Crippen LogP contribution in [0.3, 0.4) is 0 Å². The van der Waals surface area contributed by atoms with Gasteiger partial charge in [0.1, 0.15) is 5.82 Å². The van der Waals surface area contributed by atoms with E-state index in [0.717, 1.165) is 19.4 Å². The van der Waals surface area contributed by atoms with Crippen LogP contribution in [0.1, 0.15) is 43.1 Å². The molecule has 25 heavy (non-hydrogen) atoms. The number of nitrogens with zero attached hydrogens (tertiary/aromatic N) is 3. The monoisotopic (exact) mass is 349 g/mol. The number of benzene rings is 1. The van der Waals surface area contributed by atoms with Gasteiger partial charge >= 0.3 is 0 Å². The number of rotatable bonds is 8. The lowest BCUT2D eigenvalue weighted by Crippen LogP contribution is -2.35. The van der Waals surface area contributed by atoms with Crippen molar-refractivity contribution in [2.24, 2.45) is 0 Å². The molecule has 1 saturated heterocycles. The highest BCUT2D eigenvalue weighted by Crippen LogP contribution is 2.30. The molecule has 0 bridgehead atoms. The highest BCUT2D eigenvalue weighted by molar-refractivity contribution is 5.16. The number of hydrogen-bond acceptors (Lipinski definition) is 6. The van der Waals surface area contributed by atoms with Crippen LogP contribution in [0.25, 0.3) is 0 Å². The number of hydrogen-bond donors (Lipinski definition) is 1. The second kappa shape index (κ2) is 8.51. The standard InChI is InChI=1S/C18H24FN3O3/c1-2-17-20-18(21-25-17)16-8-5-9-22(16)10-14(23)12-24-11-13-6-3-4-7-15(13)19/h3-4,6-7,14,16,23H,2,5,8-12H2,1H3/t14-,16-/m0/s1. The average Bonchev–Trinajstić information content (AvgIpc) is 3.25. The summed E-state index contributed by atoms with van der Waals surface area (Å²) in [6.07, 6.45) is 2.05. The first kappa shape index (κ1) is 18.0. The van der Waals surface area contributed by atoms with Crippen molar-refractivity contribution >= 4 is 0 Å². The maximum absolute atomic E-state index is 13.5. The summed E-state index contributed by atoms with van der Waals surface area (Å²) in [6, 6.07) is 6.57. The van der Waals surface area contributed by atoms with Gasteiger partial charge in [-0.05, 0) is 25.5 Å². The maximum atomic E-state index is 13.5. The van der Waals surface area contributed by atoms with Crippen molar-refractivity contribution in [3.8, 4) is 0 Å². The molecule has 7 heteroatoms. The van der Waals surface area contributed by atoms with Crippen molar-refractivity contribution in [2.75, 3.05) is 19.7 Å². The number of likely N-dealkylation sites (tertiary alicyclic amines) is 1. The van der Waals surface area contributed by atoms with Crippen LogP contribution in [0.4, 0.5) is 4.39 Å². The molecule has 1 aliphatic heterocycles. The first-order chi connectivity index (χ1) is 12.2. The van der Waals surface area contributed by atoms with Gasteiger partial charge in [-0.15, -0.1) is 0 Å². The number of halogens is 1. The molecule has 0 unspecified atom stereocenters. The summed E-state index contributed by atoms with van der Waals surface area (Å²) >= 11 is 0. The molecular weight excluding hydrogens is 325 g/mol. The normalized spacial score (nSPS) is 19.4. The van der Waals surface area contributed by atoms with Gasteiger partial charge in [0.2, 0.25) is 5.89 Å². The molecule has 2 aromatic rings. The van der Waals surface area contributed by atoms with Crippen LogP contribution in [0.5, 0.6) is 0 Å². The van der Waals surface area contributed by atoms with E-state index in [-0.39, 0.29) is 25.1 Å². The van der Waals surface area contributed by atoms with Gasteiger partial charge in [-0.25, -0.2) is 4.39 Å². The van der Waals surface area contributed by atoms with E-state index in [1.807, 2.05) is 6.92 Å². The fourth-order valence-electron chi connectivity index (χ4n) is 3.13. The third kappa shape index (κ3) is 4.62. The number of aliphatic hydroxyl groups is 1. The van der Waals surface area contributed by atoms with Crippen LogP contribution in [-0.4, -0.2) is 45.9 Å². The van der Waals surface area contributed by atoms with Gasteiger partial charge in [-0.3, -0.25) is 4.90 Å². The summed E-state index contributed by atoms with van der Waals surface area (Å²) in [6.45, 7) is 3.63. The van der Waals surface area contributed by atoms with E-state index in [1.54, 1.807) is 18.2 Å². The van der Waals surface area contributed by atoms with Crippen molar-refractivity contribution in [1.29, 1.82) is 0 Å². The molecule has 0 spiro atoms. The molecule has 1 aliphatic rings. The topological polar surface area (TPSA) is 71.6 Å². The third-order valence-electron chi connectivity index (χ3n) is 4.42. The van der Waals surface area contributed by atoms with Crippen molar-refractivity contribution in [3.63, 3.8) is 0 Å². The Kier molecular flexibility index (Phi) is 6.12. The van der Waals surface area contributed by atoms with Crippen LogP contribution in [0.2, 0.25) is 0 Å². The van der Waals surface area contributed by atoms with Crippen LogP contribution in [0.15, 0.2) is 28.8 Å². The highest BCUT2D eigenvalue weighted by Gasteiger charge is 2.31. The van der Waals surface area contributed by atoms with Crippen molar-refractivity contribution in [1.82, 2.24) is 15.0 Å². The summed E-state index contributed by atoms with van der Waals surface area (Å²) in [5.41, 5.74) is 0.493. The lowest BCUT2D eigenvalue weighted by molar-refractivity contribution is 0.00637. The summed E-state index contributed by atoms with van der Waals surface area (Å²) in [5, 5.41) is 14.3. The second-order valence-corrected chi connectivity index (χ2v) is 6.31. The molecule has 1 fully saturated rings. The first-order valence-corrected chi connectivity index (χ1v) is 8.73. The molecule has 3 rings (SSSR count). The predicted octanol–water partition coefficient (Wildman–Crippen LogP) is 2.49. The van der Waals surface area contributed by atoms with Gasteiger partial charge in [0.25, 0.3) is 0 Å². The van der Waals surface area contributed by atoms with E-state index in [1.165, 1.54) is 6.07 Å². The first-order valence-electron chi connectivity index (χ1n) is 8.73. The SMILES string of the molecule is CCc1nc([C@@H]2CCCN2C[C@H](O)COCc2ccccc2F)no1. The van der Waals surface area contributed by atoms with Crippen LogP contribution in [-0.2, 0) is 17.8 Å². The molecular formula is C18H24FN3O3. The molecule has 2 heterocycles. The number of β-amino-alcohol motifs (C(OH)–C–C–N with tert-alkyl or cyclic N) is 1. The number of aromatic nitrogens is 2. The third-order valence-corrected chi connectivity index (χ3v) is 4.42. The Bertz CT molecular complexity index is 679. The molecule has 0 aliphatic carbocycles. The Morgan fingerprint density at radius 2 is 2.28 bits per heavy atom. The van der Waals surface area contributed by atoms with E-state index in [4.69, 9.17) is 9.26 Å². The fraction of sp³-hybridized carbons (Fsp3) is 0.556. The minimum absolute atomic E-state index is 0.0743. The Morgan fingerprint density at radius 3 is 3.04 bits per heavy atom. The van der Waals surface area contributed by atoms with E-state index in [9.17, 15) is 9.50 Å². The van der Waals surface area contributed by atoms with Crippen molar-refractivity contribution in [2.45, 2.75) is 44.9 Å². The maximum Gasteiger partial charge on any atom is 0.226 e. The Hall–Kier alpha value is -1.83. The van der Waals surface area contributed by atoms with Gasteiger partial charge < -0.3 is 14.4 Å². The van der Waals surface area contributed by atoms with E-state index in [0.29, 0.717) is 30.2 Å². The Labute approximate surface area is 146 Å². The smallest absolute Gasteiger partial charge is 0.226 e. The van der Waals surface area contributed by atoms with Gasteiger partial charge in [0, 0.05) is 18.5 Å². The Balaban J connectivity index is 1.48. The number of aryl methyl sites for hydroxylation is 1. The van der Waals surface area contributed by atoms with Crippen molar-refractivity contribution in [3.05, 3.63) is 47.4 Å². The zero-order valence-electron chi connectivity index (χ0n) is 14.4. The summed E-state index contributed by atoms with van der Waals surface area (Å²) in [5.74, 6) is 1.03. The minimum atomic E-state index is -0.648. The molecule has 0 saturated carbocycles. The van der Waals surface area contributed by atoms with Gasteiger partial charge in [-0.2, -0.15) is 4.98 Å². The molecule has 1 aromatic carbocycles. The zero-order chi connectivity index (χ0) is 17.6. The van der Waals surface area contributed by atoms with E-state index < -0.39 is 6.10 Å². The average molecular weight is 349 g/mol. The summed E-state index contributed by atoms with van der Waals surface area (Å²) in [4.78, 5) is 6.56. The lowest BCUT2D eigenvalue weighted by atomic mass is 10.2. The molecule has 6 nitrogen and oxygen atoms in total. The zero-order valence-corrected chi connectivity index (χ0v) is 14.4. The van der Waals surface area contributed by atoms with E-state index in [2.05, 4.69) is 15.0 Å². The molecule has 2 atom stereocenters. The fourth-order valence-corrected chi connectivity index (χ4v) is 3.13. The molecule has 0 radical (unpaired) electrons. The highest BCUT2D eigenvalue weighted by atomic mass is 19.1. The van der Waals surface area contributed by atoms with Gasteiger partial charge in [0.15, 0.2) is 5.82 Å². The second-order valence-electron chi connectivity index (χ2n) is 6.31. The predicted molar refractivity (Wildman–Crippen MR) is 89.3 cm³/mol. The van der Waals surface area contributed by atoms with Crippen LogP contribution < -0.4 is 0 Å². The minimum Gasteiger partial charge on any atom is -0.389 e. The molecule has 136 valence electrons. The number of ether oxygens (including phenoxy) is 1. The van der Waals surface area contributed by atoms with Crippen LogP contribution >= 0.6 is 0 Å². The van der Waals surface area contributed by atoms with Crippen LogP contribution in [0, 0.1) is 5.82 Å². The number of aliphatic hydroxyl groups excluding tert-OH is 1. The van der Waals surface area contributed by atoms with E-state index >= 15 is 0 Å². The van der Waals surface area contributed by atoms with Gasteiger partial charge in [-0.1, -0.05) is 30.3 Å². The lowest BCUT2D eigenvalue weighted by Gasteiger charge is -2.24. The van der Waals surface area contributed by atoms with Gasteiger partial charge in [0.05, 0.1) is 25.4 Å². The quantitative estimate of drug-likeness (QED) is 0.789. The summed E-state index contributed by atoms with van der Waals surface area (Å²) < 4.78 is 24.2. The summed E-state index contributed by atoms with van der Waals surface area (Å²) in [7, 11) is 0. The largest absolute Gasteiger partial charge is 0.389 e. The van der Waals surface area contributed by atoms with Crippen molar-refractivity contribution < 1.29 is 18.8 Å². The molecule has 0 amide bonds.